The topological polar surface area (TPSA) is 55.1 Å². The summed E-state index contributed by atoms with van der Waals surface area (Å²) in [5, 5.41) is 2.80. The summed E-state index contributed by atoms with van der Waals surface area (Å²) in [6.45, 7) is 1.81. The molecule has 1 N–H and O–H groups in total. The molecule has 1 aromatic heterocycles. The number of amides is 1. The van der Waals surface area contributed by atoms with E-state index < -0.39 is 0 Å². The minimum Gasteiger partial charge on any atom is -0.448 e. The highest BCUT2D eigenvalue weighted by atomic mass is 79.9. The zero-order valence-electron chi connectivity index (χ0n) is 9.24. The number of carbonyl (C=O) groups excluding carboxylic acids is 1. The molecule has 0 atom stereocenters. The van der Waals surface area contributed by atoms with Gasteiger partial charge in [0.2, 0.25) is 5.91 Å². The molecule has 0 aliphatic rings. The first-order valence-electron chi connectivity index (χ1n) is 5.10. The normalized spacial score (nSPS) is 10.2. The van der Waals surface area contributed by atoms with E-state index in [0.717, 1.165) is 15.9 Å². The van der Waals surface area contributed by atoms with Crippen molar-refractivity contribution in [3.8, 4) is 0 Å². The predicted molar refractivity (Wildman–Crippen MR) is 67.7 cm³/mol. The van der Waals surface area contributed by atoms with E-state index in [0.29, 0.717) is 5.76 Å². The number of oxazole rings is 1. The molecular formula is C12H11BrN2O2. The molecule has 0 spiro atoms. The summed E-state index contributed by atoms with van der Waals surface area (Å²) in [6, 6.07) is 7.45. The molecule has 17 heavy (non-hydrogen) atoms. The number of aryl methyl sites for hydroxylation is 1. The van der Waals surface area contributed by atoms with Crippen LogP contribution in [0.2, 0.25) is 0 Å². The van der Waals surface area contributed by atoms with E-state index >= 15 is 0 Å². The Morgan fingerprint density at radius 2 is 2.24 bits per heavy atom. The van der Waals surface area contributed by atoms with Gasteiger partial charge < -0.3 is 9.73 Å². The number of nitrogens with one attached hydrogen (secondary N) is 1. The van der Waals surface area contributed by atoms with Crippen molar-refractivity contribution in [2.45, 2.75) is 13.3 Å². The van der Waals surface area contributed by atoms with Crippen molar-refractivity contribution in [3.05, 3.63) is 46.6 Å². The minimum absolute atomic E-state index is 0.128. The van der Waals surface area contributed by atoms with Crippen LogP contribution in [0.5, 0.6) is 0 Å². The lowest BCUT2D eigenvalue weighted by atomic mass is 10.2. The van der Waals surface area contributed by atoms with Gasteiger partial charge in [0.1, 0.15) is 5.76 Å². The zero-order valence-corrected chi connectivity index (χ0v) is 10.8. The van der Waals surface area contributed by atoms with Crippen LogP contribution >= 0.6 is 15.9 Å². The molecule has 1 heterocycles. The maximum atomic E-state index is 11.8. The Morgan fingerprint density at radius 1 is 1.47 bits per heavy atom. The van der Waals surface area contributed by atoms with Gasteiger partial charge in [0, 0.05) is 4.47 Å². The molecule has 88 valence electrons. The van der Waals surface area contributed by atoms with Crippen LogP contribution < -0.4 is 5.32 Å². The summed E-state index contributed by atoms with van der Waals surface area (Å²) in [7, 11) is 0. The predicted octanol–water partition coefficient (Wildman–Crippen LogP) is 2.93. The van der Waals surface area contributed by atoms with E-state index in [1.54, 1.807) is 0 Å². The van der Waals surface area contributed by atoms with Gasteiger partial charge in [-0.3, -0.25) is 4.79 Å². The average Bonchev–Trinajstić information content (AvgIpc) is 2.68. The van der Waals surface area contributed by atoms with Gasteiger partial charge >= 0.3 is 0 Å². The number of benzene rings is 1. The monoisotopic (exact) mass is 294 g/mol. The Hall–Kier alpha value is -1.62. The standard InChI is InChI=1S/C12H11BrN2O2/c1-8-11(17-7-14-8)6-12(16)15-10-5-3-2-4-9(10)13/h2-5,7H,6H2,1H3,(H,15,16). The third kappa shape index (κ3) is 2.94. The van der Waals surface area contributed by atoms with Crippen LogP contribution in [0.1, 0.15) is 11.5 Å². The molecule has 0 fully saturated rings. The summed E-state index contributed by atoms with van der Waals surface area (Å²) >= 11 is 3.37. The summed E-state index contributed by atoms with van der Waals surface area (Å²) in [6.07, 6.45) is 1.53. The fourth-order valence-corrected chi connectivity index (χ4v) is 1.78. The SMILES string of the molecule is Cc1ncoc1CC(=O)Nc1ccccc1Br. The van der Waals surface area contributed by atoms with Gasteiger partial charge in [-0.25, -0.2) is 4.98 Å². The van der Waals surface area contributed by atoms with E-state index in [1.165, 1.54) is 6.39 Å². The molecule has 0 unspecified atom stereocenters. The third-order valence-electron chi connectivity index (χ3n) is 2.31. The summed E-state index contributed by atoms with van der Waals surface area (Å²) < 4.78 is 5.97. The summed E-state index contributed by atoms with van der Waals surface area (Å²) in [5.41, 5.74) is 1.49. The minimum atomic E-state index is -0.128. The number of para-hydroxylation sites is 1. The number of rotatable bonds is 3. The molecule has 0 saturated carbocycles. The second-order valence-electron chi connectivity index (χ2n) is 3.57. The molecule has 4 nitrogen and oxygen atoms in total. The maximum Gasteiger partial charge on any atom is 0.232 e. The van der Waals surface area contributed by atoms with Gasteiger partial charge in [0.15, 0.2) is 6.39 Å². The van der Waals surface area contributed by atoms with E-state index in [9.17, 15) is 4.79 Å². The molecule has 2 rings (SSSR count). The van der Waals surface area contributed by atoms with Crippen molar-refractivity contribution in [1.82, 2.24) is 4.98 Å². The molecular weight excluding hydrogens is 284 g/mol. The highest BCUT2D eigenvalue weighted by Crippen LogP contribution is 2.21. The molecule has 0 bridgehead atoms. The van der Waals surface area contributed by atoms with Crippen molar-refractivity contribution in [2.24, 2.45) is 0 Å². The molecule has 0 radical (unpaired) electrons. The first-order valence-corrected chi connectivity index (χ1v) is 5.89. The number of nitrogens with zero attached hydrogens (tertiary/aromatic N) is 1. The van der Waals surface area contributed by atoms with Crippen LogP contribution in [-0.4, -0.2) is 10.9 Å². The van der Waals surface area contributed by atoms with Gasteiger partial charge in [-0.05, 0) is 35.0 Å². The van der Waals surface area contributed by atoms with Crippen LogP contribution in [0.4, 0.5) is 5.69 Å². The lowest BCUT2D eigenvalue weighted by Gasteiger charge is -2.05. The van der Waals surface area contributed by atoms with Crippen molar-refractivity contribution in [2.75, 3.05) is 5.32 Å². The van der Waals surface area contributed by atoms with Crippen molar-refractivity contribution < 1.29 is 9.21 Å². The number of hydrogen-bond acceptors (Lipinski definition) is 3. The maximum absolute atomic E-state index is 11.8. The second-order valence-corrected chi connectivity index (χ2v) is 4.42. The number of hydrogen-bond donors (Lipinski definition) is 1. The van der Waals surface area contributed by atoms with Crippen LogP contribution in [-0.2, 0) is 11.2 Å². The molecule has 5 heteroatoms. The highest BCUT2D eigenvalue weighted by molar-refractivity contribution is 9.10. The van der Waals surface area contributed by atoms with E-state index in [4.69, 9.17) is 4.42 Å². The van der Waals surface area contributed by atoms with Gasteiger partial charge in [-0.2, -0.15) is 0 Å². The van der Waals surface area contributed by atoms with Gasteiger partial charge in [0.05, 0.1) is 17.8 Å². The Morgan fingerprint density at radius 3 is 2.88 bits per heavy atom. The first-order chi connectivity index (χ1) is 8.16. The molecule has 2 aromatic rings. The smallest absolute Gasteiger partial charge is 0.232 e. The number of anilines is 1. The van der Waals surface area contributed by atoms with Crippen molar-refractivity contribution in [3.63, 3.8) is 0 Å². The summed E-state index contributed by atoms with van der Waals surface area (Å²) in [5.74, 6) is 0.464. The Bertz CT molecular complexity index is 537. The van der Waals surface area contributed by atoms with Crippen LogP contribution in [0.25, 0.3) is 0 Å². The number of aromatic nitrogens is 1. The van der Waals surface area contributed by atoms with Gasteiger partial charge in [-0.15, -0.1) is 0 Å². The number of halogens is 1. The Balaban J connectivity index is 2.03. The van der Waals surface area contributed by atoms with Crippen molar-refractivity contribution >= 4 is 27.5 Å². The third-order valence-corrected chi connectivity index (χ3v) is 3.01. The average molecular weight is 295 g/mol. The van der Waals surface area contributed by atoms with Gasteiger partial charge in [0.25, 0.3) is 0 Å². The van der Waals surface area contributed by atoms with Crippen molar-refractivity contribution in [1.29, 1.82) is 0 Å². The largest absolute Gasteiger partial charge is 0.448 e. The molecule has 1 aromatic carbocycles. The van der Waals surface area contributed by atoms with Crippen LogP contribution in [0.15, 0.2) is 39.5 Å². The Labute approximate surface area is 107 Å². The van der Waals surface area contributed by atoms with E-state index in [-0.39, 0.29) is 12.3 Å². The molecule has 1 amide bonds. The van der Waals surface area contributed by atoms with Crippen LogP contribution in [0, 0.1) is 6.92 Å². The first kappa shape index (κ1) is 11.9. The van der Waals surface area contributed by atoms with Gasteiger partial charge in [-0.1, -0.05) is 12.1 Å². The molecule has 0 aliphatic carbocycles. The summed E-state index contributed by atoms with van der Waals surface area (Å²) in [4.78, 5) is 15.7. The zero-order chi connectivity index (χ0) is 12.3. The lowest BCUT2D eigenvalue weighted by Crippen LogP contribution is -2.14. The molecule has 0 aliphatic heterocycles. The Kier molecular flexibility index (Phi) is 3.58. The molecule has 0 saturated heterocycles. The second kappa shape index (κ2) is 5.14. The fourth-order valence-electron chi connectivity index (χ4n) is 1.40. The quantitative estimate of drug-likeness (QED) is 0.947. The number of carbonyl (C=O) groups is 1. The van der Waals surface area contributed by atoms with E-state index in [2.05, 4.69) is 26.2 Å². The lowest BCUT2D eigenvalue weighted by molar-refractivity contribution is -0.115. The highest BCUT2D eigenvalue weighted by Gasteiger charge is 2.11. The van der Waals surface area contributed by atoms with Crippen LogP contribution in [0.3, 0.4) is 0 Å². The van der Waals surface area contributed by atoms with E-state index in [1.807, 2.05) is 31.2 Å². The fraction of sp³-hybridized carbons (Fsp3) is 0.167.